The molecule has 5 heteroatoms. The first-order valence-electron chi connectivity index (χ1n) is 4.99. The van der Waals surface area contributed by atoms with Crippen LogP contribution < -0.4 is 10.6 Å². The molecule has 0 fully saturated rings. The monoisotopic (exact) mass is 285 g/mol. The first-order valence-corrected chi connectivity index (χ1v) is 5.78. The molecule has 0 aromatic carbocycles. The highest BCUT2D eigenvalue weighted by molar-refractivity contribution is 9.10. The van der Waals surface area contributed by atoms with E-state index < -0.39 is 5.54 Å². The molecule has 16 heavy (non-hydrogen) atoms. The Labute approximate surface area is 104 Å². The number of halogens is 1. The first kappa shape index (κ1) is 13.1. The van der Waals surface area contributed by atoms with Crippen molar-refractivity contribution >= 4 is 27.5 Å². The van der Waals surface area contributed by atoms with E-state index in [1.165, 1.54) is 0 Å². The molecule has 4 nitrogen and oxygen atoms in total. The van der Waals surface area contributed by atoms with E-state index >= 15 is 0 Å². The molecule has 2 N–H and O–H groups in total. The van der Waals surface area contributed by atoms with Gasteiger partial charge in [0.2, 0.25) is 5.91 Å². The molecule has 88 valence electrons. The van der Waals surface area contributed by atoms with Crippen molar-refractivity contribution in [2.75, 3.05) is 12.4 Å². The summed E-state index contributed by atoms with van der Waals surface area (Å²) in [5.41, 5.74) is 1.09. The average Bonchev–Trinajstić information content (AvgIpc) is 2.23. The summed E-state index contributed by atoms with van der Waals surface area (Å²) < 4.78 is 0.790. The molecule has 1 rings (SSSR count). The highest BCUT2D eigenvalue weighted by Crippen LogP contribution is 2.17. The number of nitrogens with one attached hydrogen (secondary N) is 2. The van der Waals surface area contributed by atoms with Gasteiger partial charge in [0.1, 0.15) is 4.60 Å². The van der Waals surface area contributed by atoms with Crippen LogP contribution in [0.4, 0.5) is 5.69 Å². The minimum Gasteiger partial charge on any atom is -0.323 e. The van der Waals surface area contributed by atoms with Gasteiger partial charge in [-0.05, 0) is 55.4 Å². The van der Waals surface area contributed by atoms with Gasteiger partial charge in [-0.1, -0.05) is 0 Å². The second-order valence-electron chi connectivity index (χ2n) is 4.16. The first-order chi connectivity index (χ1) is 7.36. The van der Waals surface area contributed by atoms with Gasteiger partial charge in [0, 0.05) is 0 Å². The maximum absolute atomic E-state index is 11.8. The summed E-state index contributed by atoms with van der Waals surface area (Å²) in [4.78, 5) is 16.0. The Balaban J connectivity index is 2.82. The second kappa shape index (κ2) is 4.93. The maximum atomic E-state index is 11.8. The summed E-state index contributed by atoms with van der Waals surface area (Å²) in [6.07, 6.45) is 1.63. The molecule has 1 heterocycles. The van der Waals surface area contributed by atoms with E-state index in [-0.39, 0.29) is 5.91 Å². The summed E-state index contributed by atoms with van der Waals surface area (Å²) in [7, 11) is 1.75. The molecule has 0 unspecified atom stereocenters. The largest absolute Gasteiger partial charge is 0.323 e. The summed E-state index contributed by atoms with van der Waals surface area (Å²) in [6, 6.07) is 1.88. The van der Waals surface area contributed by atoms with Gasteiger partial charge in [-0.3, -0.25) is 4.79 Å². The zero-order chi connectivity index (χ0) is 12.3. The van der Waals surface area contributed by atoms with Crippen LogP contribution in [0.15, 0.2) is 16.9 Å². The van der Waals surface area contributed by atoms with Crippen LogP contribution in [0.1, 0.15) is 19.4 Å². The number of hydrogen-bond acceptors (Lipinski definition) is 3. The standard InChI is InChI=1S/C11H16BrN3O/c1-7-5-8(6-14-9(7)12)15-10(16)11(2,3)13-4/h5-6,13H,1-4H3,(H,15,16). The van der Waals surface area contributed by atoms with Crippen LogP contribution in [0.2, 0.25) is 0 Å². The normalized spacial score (nSPS) is 11.3. The average molecular weight is 286 g/mol. The molecule has 0 atom stereocenters. The van der Waals surface area contributed by atoms with Gasteiger partial charge in [0.05, 0.1) is 17.4 Å². The van der Waals surface area contributed by atoms with Crippen molar-refractivity contribution in [3.63, 3.8) is 0 Å². The Morgan fingerprint density at radius 1 is 1.50 bits per heavy atom. The topological polar surface area (TPSA) is 54.0 Å². The fourth-order valence-corrected chi connectivity index (χ4v) is 1.24. The van der Waals surface area contributed by atoms with Gasteiger partial charge in [-0.2, -0.15) is 0 Å². The number of nitrogens with zero attached hydrogens (tertiary/aromatic N) is 1. The number of pyridine rings is 1. The van der Waals surface area contributed by atoms with E-state index in [4.69, 9.17) is 0 Å². The Bertz CT molecular complexity index is 404. The number of rotatable bonds is 3. The summed E-state index contributed by atoms with van der Waals surface area (Å²) in [6.45, 7) is 5.57. The molecule has 0 aliphatic rings. The fourth-order valence-electron chi connectivity index (χ4n) is 1.03. The highest BCUT2D eigenvalue weighted by Gasteiger charge is 2.25. The lowest BCUT2D eigenvalue weighted by molar-refractivity contribution is -0.121. The Kier molecular flexibility index (Phi) is 4.04. The molecule has 0 aliphatic carbocycles. The molecule has 0 saturated carbocycles. The van der Waals surface area contributed by atoms with Crippen molar-refractivity contribution in [2.45, 2.75) is 26.3 Å². The van der Waals surface area contributed by atoms with Gasteiger partial charge in [0.25, 0.3) is 0 Å². The minimum atomic E-state index is -0.596. The van der Waals surface area contributed by atoms with Crippen LogP contribution in [0.3, 0.4) is 0 Å². The van der Waals surface area contributed by atoms with Gasteiger partial charge >= 0.3 is 0 Å². The molecule has 1 aromatic heterocycles. The lowest BCUT2D eigenvalue weighted by atomic mass is 10.1. The second-order valence-corrected chi connectivity index (χ2v) is 4.91. The summed E-state index contributed by atoms with van der Waals surface area (Å²) in [5.74, 6) is -0.0847. The summed E-state index contributed by atoms with van der Waals surface area (Å²) in [5, 5.41) is 5.76. The number of amides is 1. The number of carbonyl (C=O) groups is 1. The number of hydrogen-bond donors (Lipinski definition) is 2. The zero-order valence-corrected chi connectivity index (χ0v) is 11.5. The van der Waals surface area contributed by atoms with Crippen LogP contribution in [-0.2, 0) is 4.79 Å². The van der Waals surface area contributed by atoms with Gasteiger partial charge in [0.15, 0.2) is 0 Å². The smallest absolute Gasteiger partial charge is 0.244 e. The molecule has 0 saturated heterocycles. The number of carbonyl (C=O) groups excluding carboxylic acids is 1. The van der Waals surface area contributed by atoms with Crippen molar-refractivity contribution < 1.29 is 4.79 Å². The van der Waals surface area contributed by atoms with Crippen LogP contribution in [0.25, 0.3) is 0 Å². The molecule has 1 amide bonds. The number of likely N-dealkylation sites (N-methyl/N-ethyl adjacent to an activating group) is 1. The van der Waals surface area contributed by atoms with Gasteiger partial charge in [-0.25, -0.2) is 4.98 Å². The van der Waals surface area contributed by atoms with Crippen LogP contribution in [0, 0.1) is 6.92 Å². The third-order valence-corrected chi connectivity index (χ3v) is 3.30. The minimum absolute atomic E-state index is 0.0847. The Morgan fingerprint density at radius 2 is 2.12 bits per heavy atom. The SMILES string of the molecule is CNC(C)(C)C(=O)Nc1cnc(Br)c(C)c1. The Morgan fingerprint density at radius 3 is 2.62 bits per heavy atom. The van der Waals surface area contributed by atoms with E-state index in [9.17, 15) is 4.79 Å². The summed E-state index contributed by atoms with van der Waals surface area (Å²) >= 11 is 3.31. The van der Waals surface area contributed by atoms with Crippen molar-refractivity contribution in [1.82, 2.24) is 10.3 Å². The molecule has 0 spiro atoms. The van der Waals surface area contributed by atoms with Crippen molar-refractivity contribution in [3.8, 4) is 0 Å². The van der Waals surface area contributed by atoms with E-state index in [2.05, 4.69) is 31.5 Å². The number of aromatic nitrogens is 1. The van der Waals surface area contributed by atoms with Crippen molar-refractivity contribution in [1.29, 1.82) is 0 Å². The molecule has 0 bridgehead atoms. The molecule has 1 aromatic rings. The maximum Gasteiger partial charge on any atom is 0.244 e. The molecule has 0 aliphatic heterocycles. The van der Waals surface area contributed by atoms with Gasteiger partial charge < -0.3 is 10.6 Å². The highest BCUT2D eigenvalue weighted by atomic mass is 79.9. The van der Waals surface area contributed by atoms with Crippen LogP contribution in [-0.4, -0.2) is 23.5 Å². The lowest BCUT2D eigenvalue weighted by Crippen LogP contribution is -2.47. The van der Waals surface area contributed by atoms with Crippen molar-refractivity contribution in [2.24, 2.45) is 0 Å². The Hall–Kier alpha value is -0.940. The fraction of sp³-hybridized carbons (Fsp3) is 0.455. The quantitative estimate of drug-likeness (QED) is 0.837. The third kappa shape index (κ3) is 3.02. The van der Waals surface area contributed by atoms with Gasteiger partial charge in [-0.15, -0.1) is 0 Å². The van der Waals surface area contributed by atoms with E-state index in [1.54, 1.807) is 13.2 Å². The molecular formula is C11H16BrN3O. The van der Waals surface area contributed by atoms with E-state index in [0.717, 1.165) is 10.2 Å². The van der Waals surface area contributed by atoms with Crippen LogP contribution in [0.5, 0.6) is 0 Å². The van der Waals surface area contributed by atoms with Crippen LogP contribution >= 0.6 is 15.9 Å². The predicted octanol–water partition coefficient (Wildman–Crippen LogP) is 2.09. The lowest BCUT2D eigenvalue weighted by Gasteiger charge is -2.22. The predicted molar refractivity (Wildman–Crippen MR) is 68.4 cm³/mol. The number of aryl methyl sites for hydroxylation is 1. The number of anilines is 1. The zero-order valence-electron chi connectivity index (χ0n) is 9.89. The molecule has 0 radical (unpaired) electrons. The van der Waals surface area contributed by atoms with Crippen molar-refractivity contribution in [3.05, 3.63) is 22.4 Å². The van der Waals surface area contributed by atoms with E-state index in [0.29, 0.717) is 5.69 Å². The van der Waals surface area contributed by atoms with E-state index in [1.807, 2.05) is 26.8 Å². The molecular weight excluding hydrogens is 270 g/mol. The third-order valence-electron chi connectivity index (χ3n) is 2.46.